The van der Waals surface area contributed by atoms with Crippen LogP contribution in [0.1, 0.15) is 59.4 Å². The fraction of sp³-hybridized carbons (Fsp3) is 0.524. The Morgan fingerprint density at radius 3 is 2.22 bits per heavy atom. The lowest BCUT2D eigenvalue weighted by molar-refractivity contribution is 0.124. The highest BCUT2D eigenvalue weighted by Crippen LogP contribution is 2.53. The van der Waals surface area contributed by atoms with Crippen molar-refractivity contribution in [1.29, 1.82) is 0 Å². The number of aliphatic hydroxyl groups is 1. The van der Waals surface area contributed by atoms with Crippen LogP contribution in [0.15, 0.2) is 47.7 Å². The number of hydrogen-bond acceptors (Lipinski definition) is 2. The lowest BCUT2D eigenvalue weighted by Gasteiger charge is -2.49. The molecule has 1 fully saturated rings. The van der Waals surface area contributed by atoms with Gasteiger partial charge >= 0.3 is 0 Å². The highest BCUT2D eigenvalue weighted by atomic mass is 16.3. The molecule has 0 amide bonds. The lowest BCUT2D eigenvalue weighted by Crippen LogP contribution is -2.41. The van der Waals surface area contributed by atoms with Gasteiger partial charge in [0.15, 0.2) is 0 Å². The highest BCUT2D eigenvalue weighted by Gasteiger charge is 2.44. The molecule has 0 bridgehead atoms. The Bertz CT molecular complexity index is 603. The Kier molecular flexibility index (Phi) is 4.93. The van der Waals surface area contributed by atoms with Crippen LogP contribution in [-0.2, 0) is 5.41 Å². The normalized spacial score (nSPS) is 28.7. The first-order chi connectivity index (χ1) is 10.6. The second-order valence-corrected chi connectivity index (χ2v) is 8.14. The number of rotatable bonds is 3. The summed E-state index contributed by atoms with van der Waals surface area (Å²) < 4.78 is 0. The van der Waals surface area contributed by atoms with Crippen LogP contribution >= 0.6 is 0 Å². The summed E-state index contributed by atoms with van der Waals surface area (Å²) in [5.41, 5.74) is 2.76. The van der Waals surface area contributed by atoms with Gasteiger partial charge in [-0.25, -0.2) is 0 Å². The van der Waals surface area contributed by atoms with E-state index < -0.39 is 0 Å². The van der Waals surface area contributed by atoms with Crippen molar-refractivity contribution in [3.8, 4) is 5.75 Å². The average Bonchev–Trinajstić information content (AvgIpc) is 2.43. The number of benzene rings is 1. The van der Waals surface area contributed by atoms with E-state index in [9.17, 15) is 10.2 Å². The van der Waals surface area contributed by atoms with Crippen LogP contribution in [0.25, 0.3) is 0 Å². The predicted molar refractivity (Wildman–Crippen MR) is 96.7 cm³/mol. The molecule has 23 heavy (non-hydrogen) atoms. The third-order valence-corrected chi connectivity index (χ3v) is 5.13. The van der Waals surface area contributed by atoms with Crippen molar-refractivity contribution in [3.63, 3.8) is 0 Å². The number of allylic oxidation sites excluding steroid dienone is 4. The molecule has 0 radical (unpaired) electrons. The molecule has 0 heterocycles. The molecule has 0 aromatic heterocycles. The molecule has 1 aliphatic rings. The van der Waals surface area contributed by atoms with Gasteiger partial charge in [-0.1, -0.05) is 44.6 Å². The van der Waals surface area contributed by atoms with Gasteiger partial charge in [0.1, 0.15) is 5.75 Å². The first kappa shape index (κ1) is 17.7. The number of phenols is 1. The van der Waals surface area contributed by atoms with Crippen LogP contribution in [0.2, 0.25) is 0 Å². The molecule has 1 aromatic rings. The van der Waals surface area contributed by atoms with Crippen LogP contribution in [0, 0.1) is 11.3 Å². The molecular formula is C21H30O2. The molecular weight excluding hydrogens is 284 g/mol. The van der Waals surface area contributed by atoms with Crippen molar-refractivity contribution in [2.24, 2.45) is 11.3 Å². The zero-order valence-electron chi connectivity index (χ0n) is 15.1. The molecule has 0 saturated heterocycles. The van der Waals surface area contributed by atoms with E-state index in [-0.39, 0.29) is 10.8 Å². The summed E-state index contributed by atoms with van der Waals surface area (Å²) in [5.74, 6) is 1.27. The van der Waals surface area contributed by atoms with E-state index in [0.29, 0.717) is 17.4 Å². The lowest BCUT2D eigenvalue weighted by atomic mass is 9.55. The van der Waals surface area contributed by atoms with Crippen molar-refractivity contribution >= 4 is 0 Å². The van der Waals surface area contributed by atoms with Crippen molar-refractivity contribution in [2.75, 3.05) is 0 Å². The van der Waals surface area contributed by atoms with Crippen LogP contribution in [0.5, 0.6) is 5.75 Å². The Hall–Kier alpha value is -1.70. The molecule has 126 valence electrons. The SMILES string of the molecule is C/C(O)=C\C=C(/C)C1(c2ccc(O)cc2)CC(C)CC(C)(C)C1. The third kappa shape index (κ3) is 3.99. The van der Waals surface area contributed by atoms with Crippen molar-refractivity contribution in [3.05, 3.63) is 53.3 Å². The van der Waals surface area contributed by atoms with E-state index in [2.05, 4.69) is 45.9 Å². The van der Waals surface area contributed by atoms with Gasteiger partial charge in [0.25, 0.3) is 0 Å². The first-order valence-electron chi connectivity index (χ1n) is 8.49. The Morgan fingerprint density at radius 2 is 1.70 bits per heavy atom. The average molecular weight is 314 g/mol. The molecule has 1 aromatic carbocycles. The van der Waals surface area contributed by atoms with Crippen LogP contribution in [0.4, 0.5) is 0 Å². The van der Waals surface area contributed by atoms with Gasteiger partial charge < -0.3 is 10.2 Å². The minimum atomic E-state index is -0.0409. The van der Waals surface area contributed by atoms with Crippen molar-refractivity contribution < 1.29 is 10.2 Å². The molecule has 2 atom stereocenters. The minimum Gasteiger partial charge on any atom is -0.513 e. The standard InChI is InChI=1S/C21H30O2/c1-15-12-20(4,5)14-21(13-15,16(2)6-7-17(3)22)18-8-10-19(23)11-9-18/h6-11,15,22-23H,12-14H2,1-5H3/b16-6+,17-7+. The van der Waals surface area contributed by atoms with E-state index in [4.69, 9.17) is 0 Å². The molecule has 0 spiro atoms. The fourth-order valence-electron chi connectivity index (χ4n) is 4.51. The van der Waals surface area contributed by atoms with E-state index in [1.54, 1.807) is 25.1 Å². The molecule has 1 aliphatic carbocycles. The van der Waals surface area contributed by atoms with Gasteiger partial charge in [-0.2, -0.15) is 0 Å². The van der Waals surface area contributed by atoms with Crippen molar-refractivity contribution in [1.82, 2.24) is 0 Å². The summed E-state index contributed by atoms with van der Waals surface area (Å²) in [7, 11) is 0. The maximum atomic E-state index is 9.65. The molecule has 1 saturated carbocycles. The van der Waals surface area contributed by atoms with E-state index >= 15 is 0 Å². The molecule has 2 N–H and O–H groups in total. The predicted octanol–water partition coefficient (Wildman–Crippen LogP) is 5.88. The minimum absolute atomic E-state index is 0.0409. The van der Waals surface area contributed by atoms with Crippen molar-refractivity contribution in [2.45, 2.75) is 59.3 Å². The number of phenolic OH excluding ortho intramolecular Hbond substituents is 1. The zero-order valence-corrected chi connectivity index (χ0v) is 15.1. The molecule has 2 nitrogen and oxygen atoms in total. The van der Waals surface area contributed by atoms with Gasteiger partial charge in [-0.3, -0.25) is 0 Å². The molecule has 2 rings (SSSR count). The molecule has 0 aliphatic heterocycles. The zero-order chi connectivity index (χ0) is 17.3. The first-order valence-corrected chi connectivity index (χ1v) is 8.49. The Morgan fingerprint density at radius 1 is 1.09 bits per heavy atom. The van der Waals surface area contributed by atoms with E-state index in [0.717, 1.165) is 12.8 Å². The Balaban J connectivity index is 2.57. The maximum absolute atomic E-state index is 9.65. The second-order valence-electron chi connectivity index (χ2n) is 8.14. The smallest absolute Gasteiger partial charge is 0.115 e. The molecule has 2 unspecified atom stereocenters. The summed E-state index contributed by atoms with van der Waals surface area (Å²) >= 11 is 0. The third-order valence-electron chi connectivity index (χ3n) is 5.13. The highest BCUT2D eigenvalue weighted by molar-refractivity contribution is 5.41. The number of hydrogen-bond donors (Lipinski definition) is 2. The van der Waals surface area contributed by atoms with Gasteiger partial charge in [-0.05, 0) is 68.2 Å². The number of aliphatic hydroxyl groups excluding tert-OH is 1. The van der Waals surface area contributed by atoms with Crippen LogP contribution < -0.4 is 0 Å². The monoisotopic (exact) mass is 314 g/mol. The summed E-state index contributed by atoms with van der Waals surface area (Å²) in [6.45, 7) is 10.9. The maximum Gasteiger partial charge on any atom is 0.115 e. The van der Waals surface area contributed by atoms with E-state index in [1.165, 1.54) is 17.6 Å². The summed E-state index contributed by atoms with van der Waals surface area (Å²) in [6.07, 6.45) is 7.24. The fourth-order valence-corrected chi connectivity index (χ4v) is 4.51. The Labute approximate surface area is 140 Å². The summed E-state index contributed by atoms with van der Waals surface area (Å²) in [6, 6.07) is 7.67. The van der Waals surface area contributed by atoms with Gasteiger partial charge in [-0.15, -0.1) is 0 Å². The summed E-state index contributed by atoms with van der Waals surface area (Å²) in [4.78, 5) is 0. The van der Waals surface area contributed by atoms with Crippen LogP contribution in [0.3, 0.4) is 0 Å². The summed E-state index contributed by atoms with van der Waals surface area (Å²) in [5, 5.41) is 19.2. The van der Waals surface area contributed by atoms with Gasteiger partial charge in [0.05, 0.1) is 5.76 Å². The largest absolute Gasteiger partial charge is 0.513 e. The topological polar surface area (TPSA) is 40.5 Å². The van der Waals surface area contributed by atoms with E-state index in [1.807, 2.05) is 0 Å². The second kappa shape index (κ2) is 6.43. The van der Waals surface area contributed by atoms with Crippen LogP contribution in [-0.4, -0.2) is 10.2 Å². The van der Waals surface area contributed by atoms with Gasteiger partial charge in [0.2, 0.25) is 0 Å². The molecule has 2 heteroatoms. The number of aromatic hydroxyl groups is 1. The van der Waals surface area contributed by atoms with Gasteiger partial charge in [0, 0.05) is 5.41 Å². The quantitative estimate of drug-likeness (QED) is 0.540.